The van der Waals surface area contributed by atoms with E-state index < -0.39 is 10.0 Å². The third-order valence-corrected chi connectivity index (χ3v) is 9.58. The van der Waals surface area contributed by atoms with Crippen LogP contribution in [0, 0.1) is 5.92 Å². The number of fused-ring (bicyclic) bond motifs is 1. The Balaban J connectivity index is 1.58. The van der Waals surface area contributed by atoms with Gasteiger partial charge in [-0.25, -0.2) is 8.42 Å². The smallest absolute Gasteiger partial charge is 0.294 e. The Morgan fingerprint density at radius 1 is 1.16 bits per heavy atom. The van der Waals surface area contributed by atoms with Crippen molar-refractivity contribution in [2.75, 3.05) is 10.5 Å². The Labute approximate surface area is 202 Å². The molecule has 0 radical (unpaired) electrons. The lowest BCUT2D eigenvalue weighted by Crippen LogP contribution is -2.14. The second-order valence-electron chi connectivity index (χ2n) is 7.36. The van der Waals surface area contributed by atoms with Crippen molar-refractivity contribution < 1.29 is 8.42 Å². The number of benzene rings is 2. The molecule has 7 nitrogen and oxygen atoms in total. The maximum Gasteiger partial charge on any atom is 0.308 e. The van der Waals surface area contributed by atoms with E-state index in [2.05, 4.69) is 28.8 Å². The summed E-state index contributed by atoms with van der Waals surface area (Å²) in [6.45, 7) is 4.51. The number of thiazole rings is 1. The van der Waals surface area contributed by atoms with Crippen LogP contribution >= 0.6 is 46.0 Å². The first-order chi connectivity index (χ1) is 15.2. The van der Waals surface area contributed by atoms with E-state index in [9.17, 15) is 13.2 Å². The van der Waals surface area contributed by atoms with Crippen LogP contribution in [0.3, 0.4) is 0 Å². The molecule has 0 saturated heterocycles. The topological polar surface area (TPSA) is 94.0 Å². The average molecular weight is 527 g/mol. The Bertz CT molecular complexity index is 1430. The molecule has 12 heteroatoms. The molecule has 0 saturated carbocycles. The van der Waals surface area contributed by atoms with E-state index in [1.54, 1.807) is 28.5 Å². The summed E-state index contributed by atoms with van der Waals surface area (Å²) >= 11 is 9.97. The van der Waals surface area contributed by atoms with Gasteiger partial charge in [0.15, 0.2) is 4.34 Å². The Morgan fingerprint density at radius 3 is 2.69 bits per heavy atom. The van der Waals surface area contributed by atoms with Gasteiger partial charge in [0, 0.05) is 10.8 Å². The Morgan fingerprint density at radius 2 is 1.94 bits per heavy atom. The minimum Gasteiger partial charge on any atom is -0.294 e. The lowest BCUT2D eigenvalue weighted by atomic mass is 10.2. The van der Waals surface area contributed by atoms with Gasteiger partial charge in [-0.15, -0.1) is 10.2 Å². The van der Waals surface area contributed by atoms with Gasteiger partial charge in [-0.2, -0.15) is 0 Å². The van der Waals surface area contributed by atoms with Crippen molar-refractivity contribution in [3.8, 4) is 0 Å². The van der Waals surface area contributed by atoms with Crippen molar-refractivity contribution in [1.82, 2.24) is 14.8 Å². The number of halogens is 1. The van der Waals surface area contributed by atoms with Gasteiger partial charge in [-0.3, -0.25) is 14.1 Å². The predicted octanol–water partition coefficient (Wildman–Crippen LogP) is 5.17. The predicted molar refractivity (Wildman–Crippen MR) is 133 cm³/mol. The molecule has 168 valence electrons. The van der Waals surface area contributed by atoms with Crippen LogP contribution in [0.5, 0.6) is 0 Å². The van der Waals surface area contributed by atoms with Gasteiger partial charge in [0.2, 0.25) is 5.13 Å². The quantitative estimate of drug-likeness (QED) is 0.318. The van der Waals surface area contributed by atoms with E-state index in [4.69, 9.17) is 11.6 Å². The number of anilines is 1. The molecular formula is C20H19ClN4O3S4. The van der Waals surface area contributed by atoms with Crippen molar-refractivity contribution in [2.45, 2.75) is 29.6 Å². The molecule has 0 amide bonds. The van der Waals surface area contributed by atoms with E-state index in [-0.39, 0.29) is 14.9 Å². The molecule has 0 aliphatic heterocycles. The highest BCUT2D eigenvalue weighted by atomic mass is 35.5. The highest BCUT2D eigenvalue weighted by molar-refractivity contribution is 8.01. The van der Waals surface area contributed by atoms with Gasteiger partial charge in [0.1, 0.15) is 0 Å². The summed E-state index contributed by atoms with van der Waals surface area (Å²) in [6.07, 6.45) is 0. The highest BCUT2D eigenvalue weighted by Gasteiger charge is 2.19. The molecule has 1 N–H and O–H groups in total. The van der Waals surface area contributed by atoms with Crippen LogP contribution in [0.1, 0.15) is 19.4 Å². The zero-order chi connectivity index (χ0) is 22.9. The Hall–Kier alpha value is -1.92. The first-order valence-corrected chi connectivity index (χ1v) is 14.1. The van der Waals surface area contributed by atoms with Crippen molar-refractivity contribution in [3.05, 3.63) is 62.7 Å². The lowest BCUT2D eigenvalue weighted by Gasteiger charge is -2.07. The zero-order valence-electron chi connectivity index (χ0n) is 17.1. The summed E-state index contributed by atoms with van der Waals surface area (Å²) in [7, 11) is -3.87. The summed E-state index contributed by atoms with van der Waals surface area (Å²) in [5, 5.41) is 8.75. The second-order valence-corrected chi connectivity index (χ2v) is 12.7. The average Bonchev–Trinajstić information content (AvgIpc) is 3.31. The zero-order valence-corrected chi connectivity index (χ0v) is 21.1. The van der Waals surface area contributed by atoms with Gasteiger partial charge in [0.05, 0.1) is 21.7 Å². The second kappa shape index (κ2) is 9.52. The number of thioether (sulfide) groups is 1. The third kappa shape index (κ3) is 5.18. The van der Waals surface area contributed by atoms with Crippen LogP contribution in [-0.4, -0.2) is 28.9 Å². The van der Waals surface area contributed by atoms with Crippen LogP contribution in [-0.2, 0) is 16.6 Å². The SMILES string of the molecule is CC(C)CSc1nnc(NS(=O)(=O)c2ccc3c(c2)sc(=O)n3Cc2ccccc2Cl)s1. The van der Waals surface area contributed by atoms with E-state index in [0.29, 0.717) is 32.0 Å². The fourth-order valence-corrected chi connectivity index (χ4v) is 7.07. The van der Waals surface area contributed by atoms with Crippen LogP contribution in [0.2, 0.25) is 5.02 Å². The molecule has 0 bridgehead atoms. The fraction of sp³-hybridized carbons (Fsp3) is 0.250. The fourth-order valence-electron chi connectivity index (χ4n) is 2.88. The van der Waals surface area contributed by atoms with Crippen molar-refractivity contribution in [3.63, 3.8) is 0 Å². The number of hydrogen-bond acceptors (Lipinski definition) is 8. The maximum atomic E-state index is 12.9. The van der Waals surface area contributed by atoms with Gasteiger partial charge < -0.3 is 0 Å². The minimum atomic E-state index is -3.87. The highest BCUT2D eigenvalue weighted by Crippen LogP contribution is 2.29. The maximum absolute atomic E-state index is 12.9. The van der Waals surface area contributed by atoms with Crippen molar-refractivity contribution in [2.24, 2.45) is 5.92 Å². The van der Waals surface area contributed by atoms with Gasteiger partial charge in [0.25, 0.3) is 10.0 Å². The Kier molecular flexibility index (Phi) is 6.91. The summed E-state index contributed by atoms with van der Waals surface area (Å²) in [6, 6.07) is 11.9. The number of aromatic nitrogens is 3. The van der Waals surface area contributed by atoms with Crippen LogP contribution in [0.15, 0.2) is 56.5 Å². The molecule has 2 aromatic carbocycles. The summed E-state index contributed by atoms with van der Waals surface area (Å²) in [5.74, 6) is 1.37. The van der Waals surface area contributed by atoms with Gasteiger partial charge >= 0.3 is 4.87 Å². The van der Waals surface area contributed by atoms with E-state index in [1.165, 1.54) is 23.5 Å². The standard InChI is InChI=1S/C20H19ClN4O3S4/c1-12(2)11-29-19-23-22-18(31-19)24-32(27,28)14-7-8-16-17(9-14)30-20(26)25(16)10-13-5-3-4-6-15(13)21/h3-9,12H,10-11H2,1-2H3,(H,22,24). The number of rotatable bonds is 8. The van der Waals surface area contributed by atoms with Crippen LogP contribution in [0.25, 0.3) is 10.2 Å². The van der Waals surface area contributed by atoms with E-state index >= 15 is 0 Å². The molecule has 4 aromatic rings. The molecule has 0 aliphatic carbocycles. The number of nitrogens with one attached hydrogen (secondary N) is 1. The molecule has 4 rings (SSSR count). The molecule has 0 aliphatic rings. The van der Waals surface area contributed by atoms with Crippen molar-refractivity contribution in [1.29, 1.82) is 0 Å². The van der Waals surface area contributed by atoms with Crippen LogP contribution in [0.4, 0.5) is 5.13 Å². The molecule has 0 spiro atoms. The molecule has 32 heavy (non-hydrogen) atoms. The van der Waals surface area contributed by atoms with E-state index in [1.807, 2.05) is 18.2 Å². The molecule has 2 aromatic heterocycles. The first-order valence-electron chi connectivity index (χ1n) is 9.59. The molecular weight excluding hydrogens is 508 g/mol. The largest absolute Gasteiger partial charge is 0.308 e. The minimum absolute atomic E-state index is 0.0581. The normalized spacial score (nSPS) is 12.0. The summed E-state index contributed by atoms with van der Waals surface area (Å²) in [4.78, 5) is 12.4. The third-order valence-electron chi connectivity index (χ3n) is 4.40. The molecule has 0 fully saturated rings. The number of hydrogen-bond donors (Lipinski definition) is 1. The molecule has 2 heterocycles. The van der Waals surface area contributed by atoms with Crippen molar-refractivity contribution >= 4 is 71.4 Å². The first kappa shape index (κ1) is 23.2. The number of nitrogens with zero attached hydrogens (tertiary/aromatic N) is 3. The van der Waals surface area contributed by atoms with E-state index in [0.717, 1.165) is 22.7 Å². The van der Waals surface area contributed by atoms with Gasteiger partial charge in [-0.05, 0) is 35.7 Å². The molecule has 0 atom stereocenters. The van der Waals surface area contributed by atoms with Gasteiger partial charge in [-0.1, -0.05) is 78.1 Å². The number of sulfonamides is 1. The van der Waals surface area contributed by atoms with Crippen LogP contribution < -0.4 is 9.60 Å². The molecule has 0 unspecified atom stereocenters. The summed E-state index contributed by atoms with van der Waals surface area (Å²) in [5.41, 5.74) is 1.47. The monoisotopic (exact) mass is 526 g/mol. The lowest BCUT2D eigenvalue weighted by molar-refractivity contribution is 0.601. The summed E-state index contributed by atoms with van der Waals surface area (Å²) < 4.78 is 31.1.